The van der Waals surface area contributed by atoms with Gasteiger partial charge in [0.05, 0.1) is 0 Å². The first-order valence-electron chi connectivity index (χ1n) is 5.89. The minimum Gasteiger partial charge on any atom is -0.342 e. The monoisotopic (exact) mass is 210 g/mol. The fourth-order valence-corrected chi connectivity index (χ4v) is 2.16. The molecule has 0 aromatic heterocycles. The molecule has 0 atom stereocenters. The number of carbonyl (C=O) groups is 1. The minimum atomic E-state index is 0.322. The van der Waals surface area contributed by atoms with Crippen molar-refractivity contribution in [2.24, 2.45) is 0 Å². The van der Waals surface area contributed by atoms with Crippen LogP contribution in [0.1, 0.15) is 12.8 Å². The van der Waals surface area contributed by atoms with Gasteiger partial charge in [-0.3, -0.25) is 4.79 Å². The van der Waals surface area contributed by atoms with E-state index < -0.39 is 0 Å². The predicted octanol–water partition coefficient (Wildman–Crippen LogP) is -0.282. The van der Waals surface area contributed by atoms with Crippen LogP contribution in [0.3, 0.4) is 0 Å². The highest BCUT2D eigenvalue weighted by Gasteiger charge is 2.19. The van der Waals surface area contributed by atoms with Crippen LogP contribution in [0.4, 0.5) is 0 Å². The quantitative estimate of drug-likeness (QED) is 0.696. The second-order valence-corrected chi connectivity index (χ2v) is 4.26. The van der Waals surface area contributed by atoms with Gasteiger partial charge in [0.25, 0.3) is 0 Å². The third-order valence-corrected chi connectivity index (χ3v) is 3.16. The van der Waals surface area contributed by atoms with E-state index in [2.05, 4.69) is 16.6 Å². The number of rotatable bonds is 3. The van der Waals surface area contributed by atoms with Crippen LogP contribution >= 0.6 is 0 Å². The predicted molar refractivity (Wildman–Crippen MR) is 59.4 cm³/mol. The second kappa shape index (κ2) is 5.47. The van der Waals surface area contributed by atoms with E-state index in [0.717, 1.165) is 52.2 Å². The molecule has 2 heterocycles. The maximum atomic E-state index is 11.8. The van der Waals surface area contributed by atoms with Crippen molar-refractivity contribution in [3.63, 3.8) is 0 Å². The molecule has 0 aromatic rings. The lowest BCUT2D eigenvalue weighted by Crippen LogP contribution is -2.44. The van der Waals surface area contributed by atoms with Crippen molar-refractivity contribution in [3.8, 4) is 0 Å². The molecule has 2 fully saturated rings. The Hall–Kier alpha value is -0.610. The van der Waals surface area contributed by atoms with Crippen molar-refractivity contribution < 1.29 is 4.79 Å². The summed E-state index contributed by atoms with van der Waals surface area (Å²) in [5.41, 5.74) is 0. The summed E-state index contributed by atoms with van der Waals surface area (Å²) < 4.78 is 0. The summed E-state index contributed by atoms with van der Waals surface area (Å²) in [7, 11) is 0. The minimum absolute atomic E-state index is 0.322. The van der Waals surface area contributed by atoms with Gasteiger partial charge in [0.15, 0.2) is 0 Å². The molecule has 0 aromatic carbocycles. The molecule has 2 aliphatic rings. The van der Waals surface area contributed by atoms with E-state index in [4.69, 9.17) is 0 Å². The highest BCUT2D eigenvalue weighted by Crippen LogP contribution is 2.08. The molecule has 2 saturated heterocycles. The van der Waals surface area contributed by atoms with Gasteiger partial charge in [-0.15, -0.1) is 0 Å². The van der Waals surface area contributed by atoms with Crippen LogP contribution in [0.5, 0.6) is 0 Å². The van der Waals surface area contributed by atoms with E-state index >= 15 is 0 Å². The van der Waals surface area contributed by atoms with Crippen molar-refractivity contribution >= 4 is 5.91 Å². The lowest BCUT2D eigenvalue weighted by molar-refractivity contribution is -0.130. The zero-order chi connectivity index (χ0) is 10.5. The number of hydrogen-bond acceptors (Lipinski definition) is 3. The average Bonchev–Trinajstić information content (AvgIpc) is 2.81. The molecular weight excluding hydrogens is 190 g/mol. The van der Waals surface area contributed by atoms with Crippen molar-refractivity contribution in [1.82, 2.24) is 15.1 Å². The molecule has 85 valence electrons. The van der Waals surface area contributed by atoms with E-state index in [0.29, 0.717) is 12.3 Å². The Morgan fingerprint density at radius 3 is 2.73 bits per heavy atom. The second-order valence-electron chi connectivity index (χ2n) is 4.26. The van der Waals surface area contributed by atoms with Gasteiger partial charge in [-0.25, -0.2) is 0 Å². The average molecular weight is 210 g/mol. The summed E-state index contributed by atoms with van der Waals surface area (Å²) in [5.74, 6) is 0.322. The summed E-state index contributed by atoms with van der Waals surface area (Å²) in [6.07, 6.45) is 3.94. The Balaban J connectivity index is 1.65. The van der Waals surface area contributed by atoms with Crippen LogP contribution in [0.25, 0.3) is 0 Å². The molecule has 1 N–H and O–H groups in total. The van der Waals surface area contributed by atoms with Crippen LogP contribution < -0.4 is 5.32 Å². The molecule has 2 rings (SSSR count). The summed E-state index contributed by atoms with van der Waals surface area (Å²) in [6, 6.07) is 0. The third-order valence-electron chi connectivity index (χ3n) is 3.16. The van der Waals surface area contributed by atoms with Gasteiger partial charge in [0.1, 0.15) is 0 Å². The summed E-state index contributed by atoms with van der Waals surface area (Å²) in [6.45, 7) is 7.01. The normalized spacial score (nSPS) is 23.3. The van der Waals surface area contributed by atoms with Crippen LogP contribution in [0, 0.1) is 6.42 Å². The van der Waals surface area contributed by atoms with Gasteiger partial charge < -0.3 is 15.1 Å². The van der Waals surface area contributed by atoms with Gasteiger partial charge >= 0.3 is 0 Å². The Morgan fingerprint density at radius 1 is 1.27 bits per heavy atom. The van der Waals surface area contributed by atoms with Gasteiger partial charge in [-0.05, 0) is 12.8 Å². The Bertz CT molecular complexity index is 208. The van der Waals surface area contributed by atoms with Crippen LogP contribution in [-0.2, 0) is 4.79 Å². The number of piperazine rings is 1. The fraction of sp³-hybridized carbons (Fsp3) is 0.818. The molecule has 0 saturated carbocycles. The molecule has 4 nitrogen and oxygen atoms in total. The molecule has 1 amide bonds. The molecular formula is C11H20N3O. The highest BCUT2D eigenvalue weighted by molar-refractivity contribution is 5.76. The zero-order valence-corrected chi connectivity index (χ0v) is 9.24. The van der Waals surface area contributed by atoms with E-state index in [-0.39, 0.29) is 0 Å². The first-order chi connectivity index (χ1) is 7.36. The third kappa shape index (κ3) is 3.18. The van der Waals surface area contributed by atoms with Gasteiger partial charge in [0, 0.05) is 52.2 Å². The molecule has 1 radical (unpaired) electrons. The van der Waals surface area contributed by atoms with Gasteiger partial charge in [0.2, 0.25) is 5.91 Å². The Labute approximate surface area is 91.6 Å². The van der Waals surface area contributed by atoms with E-state index in [1.54, 1.807) is 0 Å². The highest BCUT2D eigenvalue weighted by atomic mass is 16.2. The van der Waals surface area contributed by atoms with Crippen molar-refractivity contribution in [2.45, 2.75) is 12.8 Å². The summed E-state index contributed by atoms with van der Waals surface area (Å²) in [5, 5.41) is 3.32. The standard InChI is InChI=1S/C11H20N3O/c15-11(14-6-1-2-7-14)3-8-13-9-4-12-5-10-13/h1,12H,2-10H2. The molecule has 0 spiro atoms. The van der Waals surface area contributed by atoms with E-state index in [1.165, 1.54) is 0 Å². The number of nitrogens with zero attached hydrogens (tertiary/aromatic N) is 2. The number of likely N-dealkylation sites (tertiary alicyclic amines) is 1. The smallest absolute Gasteiger partial charge is 0.223 e. The molecule has 0 unspecified atom stereocenters. The lowest BCUT2D eigenvalue weighted by Gasteiger charge is -2.27. The summed E-state index contributed by atoms with van der Waals surface area (Å²) in [4.78, 5) is 16.1. The molecule has 2 aliphatic heterocycles. The van der Waals surface area contributed by atoms with Crippen LogP contribution in [0.2, 0.25) is 0 Å². The number of carbonyl (C=O) groups excluding carboxylic acids is 1. The van der Waals surface area contributed by atoms with E-state index in [1.807, 2.05) is 4.90 Å². The van der Waals surface area contributed by atoms with E-state index in [9.17, 15) is 4.79 Å². The Morgan fingerprint density at radius 2 is 2.07 bits per heavy atom. The van der Waals surface area contributed by atoms with Crippen LogP contribution in [-0.4, -0.2) is 61.5 Å². The van der Waals surface area contributed by atoms with Crippen LogP contribution in [0.15, 0.2) is 0 Å². The summed E-state index contributed by atoms with van der Waals surface area (Å²) >= 11 is 0. The van der Waals surface area contributed by atoms with Crippen molar-refractivity contribution in [2.75, 3.05) is 45.8 Å². The first kappa shape index (κ1) is 10.9. The Kier molecular flexibility index (Phi) is 3.97. The molecule has 0 bridgehead atoms. The maximum absolute atomic E-state index is 11.8. The zero-order valence-electron chi connectivity index (χ0n) is 9.24. The lowest BCUT2D eigenvalue weighted by atomic mass is 10.3. The maximum Gasteiger partial charge on any atom is 0.223 e. The van der Waals surface area contributed by atoms with Crippen molar-refractivity contribution in [3.05, 3.63) is 6.42 Å². The number of hydrogen-bond donors (Lipinski definition) is 1. The first-order valence-corrected chi connectivity index (χ1v) is 5.89. The van der Waals surface area contributed by atoms with Crippen molar-refractivity contribution in [1.29, 1.82) is 0 Å². The van der Waals surface area contributed by atoms with Gasteiger partial charge in [-0.2, -0.15) is 0 Å². The fourth-order valence-electron chi connectivity index (χ4n) is 2.16. The SMILES string of the molecule is O=C(CCN1CCNCC1)N1C[CH]CC1. The molecule has 0 aliphatic carbocycles. The largest absolute Gasteiger partial charge is 0.342 e. The number of amides is 1. The molecule has 15 heavy (non-hydrogen) atoms. The molecule has 4 heteroatoms. The topological polar surface area (TPSA) is 35.6 Å². The number of nitrogens with one attached hydrogen (secondary N) is 1. The van der Waals surface area contributed by atoms with Gasteiger partial charge in [-0.1, -0.05) is 0 Å².